The van der Waals surface area contributed by atoms with Crippen LogP contribution < -0.4 is 10.2 Å². The maximum atomic E-state index is 12.1. The van der Waals surface area contributed by atoms with Crippen LogP contribution in [0.1, 0.15) is 37.6 Å². The number of anilines is 1. The van der Waals surface area contributed by atoms with E-state index in [1.807, 2.05) is 57.1 Å². The zero-order valence-corrected chi connectivity index (χ0v) is 13.1. The second-order valence-corrected chi connectivity index (χ2v) is 6.34. The highest BCUT2D eigenvalue weighted by Crippen LogP contribution is 2.21. The van der Waals surface area contributed by atoms with E-state index in [0.717, 1.165) is 5.69 Å². The Kier molecular flexibility index (Phi) is 5.57. The molecule has 0 aromatic heterocycles. The Morgan fingerprint density at radius 1 is 1.30 bits per heavy atom. The Labute approximate surface area is 121 Å². The van der Waals surface area contributed by atoms with Gasteiger partial charge in [-0.2, -0.15) is 0 Å². The van der Waals surface area contributed by atoms with Crippen molar-refractivity contribution in [2.75, 3.05) is 25.5 Å². The van der Waals surface area contributed by atoms with Crippen molar-refractivity contribution in [3.63, 3.8) is 0 Å². The number of aliphatic hydroxyl groups excluding tert-OH is 1. The van der Waals surface area contributed by atoms with E-state index < -0.39 is 0 Å². The first kappa shape index (κ1) is 16.5. The topological polar surface area (TPSA) is 52.6 Å². The summed E-state index contributed by atoms with van der Waals surface area (Å²) in [7, 11) is 3.93. The number of carbonyl (C=O) groups excluding carboxylic acids is 1. The molecule has 1 aromatic carbocycles. The van der Waals surface area contributed by atoms with Crippen LogP contribution in [0.5, 0.6) is 0 Å². The highest BCUT2D eigenvalue weighted by atomic mass is 16.3. The van der Waals surface area contributed by atoms with Crippen molar-refractivity contribution < 1.29 is 9.90 Å². The molecule has 0 spiro atoms. The van der Waals surface area contributed by atoms with Gasteiger partial charge in [-0.3, -0.25) is 4.79 Å². The summed E-state index contributed by atoms with van der Waals surface area (Å²) in [5, 5.41) is 12.4. The first-order valence-electron chi connectivity index (χ1n) is 6.95. The van der Waals surface area contributed by atoms with E-state index in [4.69, 9.17) is 0 Å². The zero-order chi connectivity index (χ0) is 15.3. The van der Waals surface area contributed by atoms with Crippen LogP contribution >= 0.6 is 0 Å². The number of amides is 1. The van der Waals surface area contributed by atoms with E-state index in [-0.39, 0.29) is 17.4 Å². The Hall–Kier alpha value is -1.55. The average molecular weight is 278 g/mol. The van der Waals surface area contributed by atoms with Gasteiger partial charge in [-0.15, -0.1) is 0 Å². The smallest absolute Gasteiger partial charge is 0.251 e. The summed E-state index contributed by atoms with van der Waals surface area (Å²) in [5.41, 5.74) is 1.60. The molecule has 1 atom stereocenters. The van der Waals surface area contributed by atoms with Crippen LogP contribution in [-0.2, 0) is 0 Å². The first-order chi connectivity index (χ1) is 9.21. The van der Waals surface area contributed by atoms with E-state index in [9.17, 15) is 9.90 Å². The molecule has 1 amide bonds. The molecule has 1 rings (SSSR count). The second-order valence-electron chi connectivity index (χ2n) is 6.34. The fourth-order valence-electron chi connectivity index (χ4n) is 2.20. The Morgan fingerprint density at radius 3 is 2.30 bits per heavy atom. The fourth-order valence-corrected chi connectivity index (χ4v) is 2.20. The van der Waals surface area contributed by atoms with Crippen LogP contribution in [-0.4, -0.2) is 37.8 Å². The summed E-state index contributed by atoms with van der Waals surface area (Å²) >= 11 is 0. The van der Waals surface area contributed by atoms with Crippen molar-refractivity contribution in [3.05, 3.63) is 29.8 Å². The van der Waals surface area contributed by atoms with Crippen molar-refractivity contribution >= 4 is 11.6 Å². The van der Waals surface area contributed by atoms with E-state index >= 15 is 0 Å². The number of benzene rings is 1. The molecule has 0 aliphatic rings. The van der Waals surface area contributed by atoms with Gasteiger partial charge >= 0.3 is 0 Å². The van der Waals surface area contributed by atoms with Crippen molar-refractivity contribution in [1.29, 1.82) is 0 Å². The molecule has 0 fully saturated rings. The predicted molar refractivity (Wildman–Crippen MR) is 83.2 cm³/mol. The molecular weight excluding hydrogens is 252 g/mol. The van der Waals surface area contributed by atoms with Gasteiger partial charge in [-0.1, -0.05) is 13.8 Å². The van der Waals surface area contributed by atoms with Gasteiger partial charge in [0, 0.05) is 31.9 Å². The highest BCUT2D eigenvalue weighted by Gasteiger charge is 2.21. The molecular formula is C16H26N2O2. The van der Waals surface area contributed by atoms with Gasteiger partial charge in [0.2, 0.25) is 0 Å². The van der Waals surface area contributed by atoms with Gasteiger partial charge in [0.15, 0.2) is 0 Å². The molecule has 0 saturated heterocycles. The van der Waals surface area contributed by atoms with E-state index in [0.29, 0.717) is 18.5 Å². The molecule has 20 heavy (non-hydrogen) atoms. The largest absolute Gasteiger partial charge is 0.393 e. The van der Waals surface area contributed by atoms with Gasteiger partial charge < -0.3 is 15.3 Å². The van der Waals surface area contributed by atoms with Gasteiger partial charge in [0.25, 0.3) is 5.91 Å². The minimum absolute atomic E-state index is 0.0750. The van der Waals surface area contributed by atoms with Crippen molar-refractivity contribution in [2.24, 2.45) is 5.41 Å². The van der Waals surface area contributed by atoms with Crippen LogP contribution in [0.4, 0.5) is 5.69 Å². The molecule has 0 aliphatic heterocycles. The summed E-state index contributed by atoms with van der Waals surface area (Å²) in [6.45, 7) is 6.39. The summed E-state index contributed by atoms with van der Waals surface area (Å²) in [4.78, 5) is 14.1. The Balaban J connectivity index is 2.58. The van der Waals surface area contributed by atoms with Crippen molar-refractivity contribution in [2.45, 2.75) is 33.3 Å². The summed E-state index contributed by atoms with van der Waals surface area (Å²) in [5.74, 6) is -0.0750. The van der Waals surface area contributed by atoms with E-state index in [2.05, 4.69) is 5.32 Å². The number of nitrogens with zero attached hydrogens (tertiary/aromatic N) is 1. The van der Waals surface area contributed by atoms with Crippen LogP contribution in [0.15, 0.2) is 24.3 Å². The van der Waals surface area contributed by atoms with Crippen LogP contribution in [0.2, 0.25) is 0 Å². The van der Waals surface area contributed by atoms with E-state index in [1.54, 1.807) is 6.92 Å². The molecule has 1 unspecified atom stereocenters. The lowest BCUT2D eigenvalue weighted by molar-refractivity contribution is 0.0902. The lowest BCUT2D eigenvalue weighted by Gasteiger charge is -2.26. The standard InChI is InChI=1S/C16H26N2O2/c1-12(19)10-16(2,3)11-17-15(20)13-6-8-14(9-7-13)18(4)5/h6-9,12,19H,10-11H2,1-5H3,(H,17,20). The lowest BCUT2D eigenvalue weighted by atomic mass is 9.87. The van der Waals surface area contributed by atoms with Crippen molar-refractivity contribution in [1.82, 2.24) is 5.32 Å². The summed E-state index contributed by atoms with van der Waals surface area (Å²) < 4.78 is 0. The number of rotatable bonds is 6. The van der Waals surface area contributed by atoms with Crippen LogP contribution in [0.25, 0.3) is 0 Å². The molecule has 0 bridgehead atoms. The van der Waals surface area contributed by atoms with Gasteiger partial charge in [0.05, 0.1) is 6.10 Å². The molecule has 2 N–H and O–H groups in total. The molecule has 0 radical (unpaired) electrons. The molecule has 4 nitrogen and oxygen atoms in total. The van der Waals surface area contributed by atoms with Crippen LogP contribution in [0.3, 0.4) is 0 Å². The summed E-state index contributed by atoms with van der Waals surface area (Å²) in [6.07, 6.45) is 0.300. The zero-order valence-electron chi connectivity index (χ0n) is 13.1. The molecule has 0 saturated carbocycles. The van der Waals surface area contributed by atoms with Gasteiger partial charge in [-0.05, 0) is 43.0 Å². The Morgan fingerprint density at radius 2 is 1.85 bits per heavy atom. The monoisotopic (exact) mass is 278 g/mol. The number of carbonyl (C=O) groups is 1. The molecule has 0 heterocycles. The Bertz CT molecular complexity index is 436. The molecule has 1 aromatic rings. The second kappa shape index (κ2) is 6.75. The van der Waals surface area contributed by atoms with Crippen LogP contribution in [0, 0.1) is 5.41 Å². The van der Waals surface area contributed by atoms with E-state index in [1.165, 1.54) is 0 Å². The fraction of sp³-hybridized carbons (Fsp3) is 0.562. The first-order valence-corrected chi connectivity index (χ1v) is 6.95. The van der Waals surface area contributed by atoms with Gasteiger partial charge in [-0.25, -0.2) is 0 Å². The van der Waals surface area contributed by atoms with Crippen molar-refractivity contribution in [3.8, 4) is 0 Å². The minimum atomic E-state index is -0.360. The molecule has 4 heteroatoms. The number of hydrogen-bond acceptors (Lipinski definition) is 3. The molecule has 0 aliphatic carbocycles. The lowest BCUT2D eigenvalue weighted by Crippen LogP contribution is -2.35. The maximum Gasteiger partial charge on any atom is 0.251 e. The third-order valence-electron chi connectivity index (χ3n) is 3.22. The third-order valence-corrected chi connectivity index (χ3v) is 3.22. The minimum Gasteiger partial charge on any atom is -0.393 e. The quantitative estimate of drug-likeness (QED) is 0.839. The summed E-state index contributed by atoms with van der Waals surface area (Å²) in [6, 6.07) is 7.50. The average Bonchev–Trinajstić information content (AvgIpc) is 2.34. The van der Waals surface area contributed by atoms with Gasteiger partial charge in [0.1, 0.15) is 0 Å². The number of aliphatic hydroxyl groups is 1. The number of nitrogens with one attached hydrogen (secondary N) is 1. The SMILES string of the molecule is CC(O)CC(C)(C)CNC(=O)c1ccc(N(C)C)cc1. The molecule has 112 valence electrons. The third kappa shape index (κ3) is 5.21. The highest BCUT2D eigenvalue weighted by molar-refractivity contribution is 5.94. The predicted octanol–water partition coefficient (Wildman–Crippen LogP) is 2.28. The number of hydrogen-bond donors (Lipinski definition) is 2. The normalized spacial score (nSPS) is 12.9. The maximum absolute atomic E-state index is 12.1.